The van der Waals surface area contributed by atoms with Gasteiger partial charge in [0.25, 0.3) is 5.69 Å². The van der Waals surface area contributed by atoms with Crippen molar-refractivity contribution in [3.8, 4) is 0 Å². The SMILES string of the molecule is C[N+]12C=CC([O-])=C1c1c([N+](=O)[O-])ccc(Br)c1CC2. The number of nitro groups is 1. The highest BCUT2D eigenvalue weighted by Gasteiger charge is 2.41. The van der Waals surface area contributed by atoms with E-state index >= 15 is 0 Å². The van der Waals surface area contributed by atoms with E-state index in [1.165, 1.54) is 12.1 Å². The molecule has 1 unspecified atom stereocenters. The maximum absolute atomic E-state index is 12.1. The minimum absolute atomic E-state index is 0.00861. The molecule has 0 aliphatic carbocycles. The molecular formula is C13H11BrN2O3. The van der Waals surface area contributed by atoms with E-state index in [4.69, 9.17) is 0 Å². The summed E-state index contributed by atoms with van der Waals surface area (Å²) in [5.41, 5.74) is 1.86. The van der Waals surface area contributed by atoms with Gasteiger partial charge in [-0.25, -0.2) is 0 Å². The Labute approximate surface area is 118 Å². The van der Waals surface area contributed by atoms with Gasteiger partial charge in [-0.1, -0.05) is 15.9 Å². The Kier molecular flexibility index (Phi) is 2.55. The molecule has 3 rings (SSSR count). The lowest BCUT2D eigenvalue weighted by molar-refractivity contribution is -0.785. The fraction of sp³-hybridized carbons (Fsp3) is 0.231. The summed E-state index contributed by atoms with van der Waals surface area (Å²) in [5, 5.41) is 23.3. The van der Waals surface area contributed by atoms with Crippen LogP contribution in [-0.4, -0.2) is 23.0 Å². The van der Waals surface area contributed by atoms with Gasteiger partial charge in [0.15, 0.2) is 0 Å². The second-order valence-electron chi connectivity index (χ2n) is 4.95. The van der Waals surface area contributed by atoms with Crippen LogP contribution >= 0.6 is 15.9 Å². The molecule has 2 heterocycles. The average Bonchev–Trinajstić information content (AvgIpc) is 2.66. The van der Waals surface area contributed by atoms with Crippen molar-refractivity contribution in [1.29, 1.82) is 0 Å². The molecule has 0 saturated heterocycles. The molecule has 0 amide bonds. The molecule has 1 aromatic rings. The summed E-state index contributed by atoms with van der Waals surface area (Å²) in [5.74, 6) is -0.135. The first-order valence-corrected chi connectivity index (χ1v) is 6.66. The number of nitrogens with zero attached hydrogens (tertiary/aromatic N) is 2. The minimum Gasteiger partial charge on any atom is -0.868 e. The fourth-order valence-electron chi connectivity index (χ4n) is 2.82. The Balaban J connectivity index is 2.36. The summed E-state index contributed by atoms with van der Waals surface area (Å²) in [6, 6.07) is 3.14. The third-order valence-electron chi connectivity index (χ3n) is 3.79. The second kappa shape index (κ2) is 3.91. The largest absolute Gasteiger partial charge is 0.868 e. The zero-order valence-corrected chi connectivity index (χ0v) is 11.8. The molecule has 0 bridgehead atoms. The number of quaternary nitrogens is 1. The van der Waals surface area contributed by atoms with Crippen LogP contribution in [0.25, 0.3) is 5.70 Å². The molecule has 1 atom stereocenters. The lowest BCUT2D eigenvalue weighted by atomic mass is 9.93. The van der Waals surface area contributed by atoms with Gasteiger partial charge >= 0.3 is 0 Å². The van der Waals surface area contributed by atoms with Crippen molar-refractivity contribution in [2.24, 2.45) is 0 Å². The van der Waals surface area contributed by atoms with Gasteiger partial charge in [-0.15, -0.1) is 0 Å². The van der Waals surface area contributed by atoms with E-state index in [1.54, 1.807) is 6.07 Å². The van der Waals surface area contributed by atoms with Gasteiger partial charge in [-0.3, -0.25) is 14.6 Å². The maximum Gasteiger partial charge on any atom is 0.282 e. The molecule has 2 aliphatic heterocycles. The number of nitro benzene ring substituents is 1. The highest BCUT2D eigenvalue weighted by Crippen LogP contribution is 2.45. The normalized spacial score (nSPS) is 24.3. The number of halogens is 1. The van der Waals surface area contributed by atoms with Gasteiger partial charge in [0.05, 0.1) is 18.5 Å². The molecule has 1 aromatic carbocycles. The first-order chi connectivity index (χ1) is 8.94. The topological polar surface area (TPSA) is 66.2 Å². The number of likely N-dealkylation sites (N-methyl/N-ethyl adjacent to an activating group) is 1. The molecule has 0 fully saturated rings. The molecule has 2 aliphatic rings. The van der Waals surface area contributed by atoms with Crippen LogP contribution in [0.2, 0.25) is 0 Å². The quantitative estimate of drug-likeness (QED) is 0.450. The van der Waals surface area contributed by atoms with Gasteiger partial charge in [0, 0.05) is 17.0 Å². The van der Waals surface area contributed by atoms with E-state index < -0.39 is 4.92 Å². The van der Waals surface area contributed by atoms with Crippen LogP contribution in [0.3, 0.4) is 0 Å². The lowest BCUT2D eigenvalue weighted by Crippen LogP contribution is -2.41. The van der Waals surface area contributed by atoms with Crippen molar-refractivity contribution in [2.45, 2.75) is 6.42 Å². The van der Waals surface area contributed by atoms with E-state index in [1.807, 2.05) is 13.2 Å². The number of hydrogen-bond donors (Lipinski definition) is 0. The zero-order valence-electron chi connectivity index (χ0n) is 10.2. The molecule has 0 N–H and O–H groups in total. The Morgan fingerprint density at radius 3 is 2.84 bits per heavy atom. The molecule has 6 heteroatoms. The highest BCUT2D eigenvalue weighted by atomic mass is 79.9. The average molecular weight is 323 g/mol. The van der Waals surface area contributed by atoms with Crippen molar-refractivity contribution < 1.29 is 14.5 Å². The van der Waals surface area contributed by atoms with Crippen molar-refractivity contribution in [2.75, 3.05) is 13.6 Å². The van der Waals surface area contributed by atoms with Gasteiger partial charge in [0.2, 0.25) is 0 Å². The Morgan fingerprint density at radius 2 is 2.16 bits per heavy atom. The van der Waals surface area contributed by atoms with Crippen molar-refractivity contribution >= 4 is 27.3 Å². The van der Waals surface area contributed by atoms with E-state index in [-0.39, 0.29) is 11.4 Å². The summed E-state index contributed by atoms with van der Waals surface area (Å²) in [7, 11) is 1.91. The van der Waals surface area contributed by atoms with Crippen molar-refractivity contribution in [3.63, 3.8) is 0 Å². The fourth-order valence-corrected chi connectivity index (χ4v) is 3.35. The van der Waals surface area contributed by atoms with Crippen LogP contribution in [-0.2, 0) is 6.42 Å². The maximum atomic E-state index is 12.1. The van der Waals surface area contributed by atoms with Crippen LogP contribution < -0.4 is 5.11 Å². The standard InChI is InChI=1S/C13H11BrN2O3/c1-16-6-4-8-9(14)2-3-10(15(18)19)12(8)13(16)11(17)5-7-16/h2-3,5,7H,4,6H2,1H3. The summed E-state index contributed by atoms with van der Waals surface area (Å²) in [4.78, 5) is 10.8. The predicted molar refractivity (Wildman–Crippen MR) is 71.6 cm³/mol. The minimum atomic E-state index is -0.417. The van der Waals surface area contributed by atoms with Crippen LogP contribution in [0.5, 0.6) is 0 Å². The number of rotatable bonds is 1. The van der Waals surface area contributed by atoms with Crippen LogP contribution in [0, 0.1) is 10.1 Å². The molecule has 98 valence electrons. The monoisotopic (exact) mass is 322 g/mol. The van der Waals surface area contributed by atoms with Crippen LogP contribution in [0.15, 0.2) is 34.6 Å². The number of allylic oxidation sites excluding steroid dienone is 1. The van der Waals surface area contributed by atoms with E-state index in [0.717, 1.165) is 16.6 Å². The first kappa shape index (κ1) is 12.4. The van der Waals surface area contributed by atoms with Crippen molar-refractivity contribution in [3.05, 3.63) is 55.9 Å². The van der Waals surface area contributed by atoms with Crippen LogP contribution in [0.1, 0.15) is 11.1 Å². The smallest absolute Gasteiger partial charge is 0.282 e. The Bertz CT molecular complexity index is 666. The molecule has 0 aromatic heterocycles. The van der Waals surface area contributed by atoms with E-state index in [0.29, 0.717) is 22.2 Å². The van der Waals surface area contributed by atoms with Crippen molar-refractivity contribution in [1.82, 2.24) is 0 Å². The number of hydrogen-bond acceptors (Lipinski definition) is 3. The lowest BCUT2D eigenvalue weighted by Gasteiger charge is -2.36. The summed E-state index contributed by atoms with van der Waals surface area (Å²) < 4.78 is 1.18. The Morgan fingerprint density at radius 1 is 1.42 bits per heavy atom. The number of fused-ring (bicyclic) bond motifs is 3. The third-order valence-corrected chi connectivity index (χ3v) is 4.54. The third kappa shape index (κ3) is 1.63. The van der Waals surface area contributed by atoms with E-state index in [2.05, 4.69) is 15.9 Å². The molecule has 0 spiro atoms. The van der Waals surface area contributed by atoms with Gasteiger partial charge in [0.1, 0.15) is 17.5 Å². The molecule has 0 saturated carbocycles. The number of benzene rings is 1. The van der Waals surface area contributed by atoms with Crippen LogP contribution in [0.4, 0.5) is 5.69 Å². The predicted octanol–water partition coefficient (Wildman–Crippen LogP) is 1.92. The molecule has 19 heavy (non-hydrogen) atoms. The Hall–Kier alpha value is -1.66. The van der Waals surface area contributed by atoms with Gasteiger partial charge < -0.3 is 5.11 Å². The molecule has 0 radical (unpaired) electrons. The first-order valence-electron chi connectivity index (χ1n) is 5.86. The van der Waals surface area contributed by atoms with Gasteiger partial charge in [-0.2, -0.15) is 0 Å². The second-order valence-corrected chi connectivity index (χ2v) is 5.80. The summed E-state index contributed by atoms with van der Waals surface area (Å²) >= 11 is 3.43. The van der Waals surface area contributed by atoms with E-state index in [9.17, 15) is 15.2 Å². The molecular weight excluding hydrogens is 312 g/mol. The highest BCUT2D eigenvalue weighted by molar-refractivity contribution is 9.10. The summed E-state index contributed by atoms with van der Waals surface area (Å²) in [6.07, 6.45) is 4.02. The summed E-state index contributed by atoms with van der Waals surface area (Å²) in [6.45, 7) is 0.740. The molecule has 5 nitrogen and oxygen atoms in total. The zero-order chi connectivity index (χ0) is 13.8. The van der Waals surface area contributed by atoms with Gasteiger partial charge in [-0.05, 0) is 23.5 Å².